The van der Waals surface area contributed by atoms with E-state index < -0.39 is 0 Å². The van der Waals surface area contributed by atoms with Crippen LogP contribution in [0.4, 0.5) is 11.5 Å². The topological polar surface area (TPSA) is 45.2 Å². The number of anilines is 2. The van der Waals surface area contributed by atoms with Gasteiger partial charge >= 0.3 is 0 Å². The molecule has 1 aromatic heterocycles. The van der Waals surface area contributed by atoms with Crippen LogP contribution in [-0.2, 0) is 11.3 Å². The lowest BCUT2D eigenvalue weighted by atomic mass is 9.89. The second kappa shape index (κ2) is 8.65. The SMILES string of the molecule is CCN(Cc1ccccc1)c1ccc(NC(=O)C2CCCCC2)nc1. The largest absolute Gasteiger partial charge is 0.366 e. The number of rotatable bonds is 6. The van der Waals surface area contributed by atoms with Crippen molar-refractivity contribution < 1.29 is 4.79 Å². The summed E-state index contributed by atoms with van der Waals surface area (Å²) < 4.78 is 0. The summed E-state index contributed by atoms with van der Waals surface area (Å²) in [5.74, 6) is 0.923. The minimum absolute atomic E-state index is 0.122. The van der Waals surface area contributed by atoms with Gasteiger partial charge in [-0.1, -0.05) is 49.6 Å². The van der Waals surface area contributed by atoms with Crippen LogP contribution in [0.2, 0.25) is 0 Å². The Labute approximate surface area is 150 Å². The lowest BCUT2D eigenvalue weighted by Crippen LogP contribution is -2.25. The maximum Gasteiger partial charge on any atom is 0.228 e. The third kappa shape index (κ3) is 4.81. The Bertz CT molecular complexity index is 663. The number of nitrogens with zero attached hydrogens (tertiary/aromatic N) is 2. The first kappa shape index (κ1) is 17.5. The minimum Gasteiger partial charge on any atom is -0.366 e. The highest BCUT2D eigenvalue weighted by molar-refractivity contribution is 5.91. The van der Waals surface area contributed by atoms with E-state index in [1.165, 1.54) is 12.0 Å². The van der Waals surface area contributed by atoms with Crippen molar-refractivity contribution in [3.05, 3.63) is 54.2 Å². The molecule has 0 bridgehead atoms. The number of aromatic nitrogens is 1. The highest BCUT2D eigenvalue weighted by atomic mass is 16.1. The normalized spacial score (nSPS) is 14.9. The van der Waals surface area contributed by atoms with Crippen molar-refractivity contribution in [3.63, 3.8) is 0 Å². The molecule has 1 fully saturated rings. The van der Waals surface area contributed by atoms with Gasteiger partial charge in [0.25, 0.3) is 0 Å². The van der Waals surface area contributed by atoms with E-state index in [1.807, 2.05) is 24.4 Å². The summed E-state index contributed by atoms with van der Waals surface area (Å²) in [5.41, 5.74) is 2.35. The summed E-state index contributed by atoms with van der Waals surface area (Å²) in [7, 11) is 0. The molecule has 1 saturated carbocycles. The van der Waals surface area contributed by atoms with Crippen molar-refractivity contribution in [1.29, 1.82) is 0 Å². The molecule has 1 amide bonds. The highest BCUT2D eigenvalue weighted by Gasteiger charge is 2.21. The number of hydrogen-bond donors (Lipinski definition) is 1. The first-order valence-electron chi connectivity index (χ1n) is 9.32. The number of pyridine rings is 1. The molecular formula is C21H27N3O. The van der Waals surface area contributed by atoms with Crippen LogP contribution in [0.25, 0.3) is 0 Å². The van der Waals surface area contributed by atoms with Gasteiger partial charge in [0, 0.05) is 19.0 Å². The lowest BCUT2D eigenvalue weighted by molar-refractivity contribution is -0.120. The van der Waals surface area contributed by atoms with Gasteiger partial charge in [0.2, 0.25) is 5.91 Å². The molecule has 0 unspecified atom stereocenters. The molecule has 1 N–H and O–H groups in total. The standard InChI is InChI=1S/C21H27N3O/c1-2-24(16-17-9-5-3-6-10-17)19-13-14-20(22-15-19)23-21(25)18-11-7-4-8-12-18/h3,5-6,9-10,13-15,18H,2,4,7-8,11-12,16H2,1H3,(H,22,23,25). The Kier molecular flexibility index (Phi) is 6.04. The Morgan fingerprint density at radius 1 is 1.12 bits per heavy atom. The Morgan fingerprint density at radius 3 is 2.52 bits per heavy atom. The third-order valence-corrected chi connectivity index (χ3v) is 4.94. The molecule has 0 atom stereocenters. The molecular weight excluding hydrogens is 310 g/mol. The molecule has 1 aliphatic rings. The summed E-state index contributed by atoms with van der Waals surface area (Å²) in [6, 6.07) is 14.4. The van der Waals surface area contributed by atoms with Crippen LogP contribution >= 0.6 is 0 Å². The van der Waals surface area contributed by atoms with E-state index in [1.54, 1.807) is 0 Å². The van der Waals surface area contributed by atoms with Gasteiger partial charge < -0.3 is 10.2 Å². The van der Waals surface area contributed by atoms with Crippen molar-refractivity contribution in [3.8, 4) is 0 Å². The van der Waals surface area contributed by atoms with Crippen LogP contribution in [0.15, 0.2) is 48.7 Å². The minimum atomic E-state index is 0.122. The molecule has 4 nitrogen and oxygen atoms in total. The van der Waals surface area contributed by atoms with Crippen LogP contribution in [0.3, 0.4) is 0 Å². The van der Waals surface area contributed by atoms with Gasteiger partial charge in [-0.05, 0) is 37.5 Å². The van der Waals surface area contributed by atoms with E-state index in [2.05, 4.69) is 46.4 Å². The van der Waals surface area contributed by atoms with E-state index in [4.69, 9.17) is 0 Å². The first-order valence-corrected chi connectivity index (χ1v) is 9.32. The number of hydrogen-bond acceptors (Lipinski definition) is 3. The second-order valence-corrected chi connectivity index (χ2v) is 6.73. The molecule has 0 saturated heterocycles. The van der Waals surface area contributed by atoms with Crippen LogP contribution < -0.4 is 10.2 Å². The van der Waals surface area contributed by atoms with Crippen molar-refractivity contribution in [2.24, 2.45) is 5.92 Å². The molecule has 0 aliphatic heterocycles. The van der Waals surface area contributed by atoms with Crippen LogP contribution in [0, 0.1) is 5.92 Å². The zero-order chi connectivity index (χ0) is 17.5. The first-order chi connectivity index (χ1) is 12.3. The molecule has 4 heteroatoms. The maximum absolute atomic E-state index is 12.3. The molecule has 1 heterocycles. The smallest absolute Gasteiger partial charge is 0.228 e. The molecule has 0 radical (unpaired) electrons. The van der Waals surface area contributed by atoms with Gasteiger partial charge in [-0.15, -0.1) is 0 Å². The predicted octanol–water partition coefficient (Wildman–Crippen LogP) is 4.63. The fourth-order valence-electron chi connectivity index (χ4n) is 3.43. The molecule has 1 aromatic carbocycles. The van der Waals surface area contributed by atoms with E-state index >= 15 is 0 Å². The Balaban J connectivity index is 1.61. The van der Waals surface area contributed by atoms with Crippen molar-refractivity contribution in [2.75, 3.05) is 16.8 Å². The number of amides is 1. The number of benzene rings is 1. The molecule has 25 heavy (non-hydrogen) atoms. The van der Waals surface area contributed by atoms with Gasteiger partial charge in [-0.25, -0.2) is 4.98 Å². The van der Waals surface area contributed by atoms with E-state index in [9.17, 15) is 4.79 Å². The van der Waals surface area contributed by atoms with Gasteiger partial charge in [-0.3, -0.25) is 4.79 Å². The fourth-order valence-corrected chi connectivity index (χ4v) is 3.43. The van der Waals surface area contributed by atoms with Crippen molar-refractivity contribution in [1.82, 2.24) is 4.98 Å². The van der Waals surface area contributed by atoms with Crippen LogP contribution in [-0.4, -0.2) is 17.4 Å². The fraction of sp³-hybridized carbons (Fsp3) is 0.429. The summed E-state index contributed by atoms with van der Waals surface area (Å²) >= 11 is 0. The van der Waals surface area contributed by atoms with Crippen molar-refractivity contribution >= 4 is 17.4 Å². The molecule has 0 spiro atoms. The number of nitrogens with one attached hydrogen (secondary N) is 1. The zero-order valence-electron chi connectivity index (χ0n) is 14.9. The number of carbonyl (C=O) groups is 1. The van der Waals surface area contributed by atoms with Crippen LogP contribution in [0.1, 0.15) is 44.6 Å². The van der Waals surface area contributed by atoms with E-state index in [-0.39, 0.29) is 11.8 Å². The summed E-state index contributed by atoms with van der Waals surface area (Å²) in [4.78, 5) is 19.0. The zero-order valence-corrected chi connectivity index (χ0v) is 14.9. The Hall–Kier alpha value is -2.36. The summed E-state index contributed by atoms with van der Waals surface area (Å²) in [6.45, 7) is 3.90. The average Bonchev–Trinajstić information content (AvgIpc) is 2.68. The second-order valence-electron chi connectivity index (χ2n) is 6.73. The molecule has 2 aromatic rings. The van der Waals surface area contributed by atoms with Gasteiger partial charge in [0.05, 0.1) is 11.9 Å². The highest BCUT2D eigenvalue weighted by Crippen LogP contribution is 2.25. The summed E-state index contributed by atoms with van der Waals surface area (Å²) in [5, 5.41) is 2.98. The molecule has 1 aliphatic carbocycles. The third-order valence-electron chi connectivity index (χ3n) is 4.94. The van der Waals surface area contributed by atoms with Gasteiger partial charge in [0.15, 0.2) is 0 Å². The van der Waals surface area contributed by atoms with Gasteiger partial charge in [0.1, 0.15) is 5.82 Å². The number of carbonyl (C=O) groups excluding carboxylic acids is 1. The van der Waals surface area contributed by atoms with Gasteiger partial charge in [-0.2, -0.15) is 0 Å². The quantitative estimate of drug-likeness (QED) is 0.836. The van der Waals surface area contributed by atoms with Crippen LogP contribution in [0.5, 0.6) is 0 Å². The van der Waals surface area contributed by atoms with Crippen molar-refractivity contribution in [2.45, 2.75) is 45.6 Å². The predicted molar refractivity (Wildman–Crippen MR) is 103 cm³/mol. The average molecular weight is 337 g/mol. The van der Waals surface area contributed by atoms with E-state index in [0.717, 1.165) is 44.5 Å². The maximum atomic E-state index is 12.3. The summed E-state index contributed by atoms with van der Waals surface area (Å²) in [6.07, 6.45) is 7.44. The molecule has 132 valence electrons. The molecule has 3 rings (SSSR count). The lowest BCUT2D eigenvalue weighted by Gasteiger charge is -2.23. The Morgan fingerprint density at radius 2 is 1.88 bits per heavy atom. The monoisotopic (exact) mass is 337 g/mol. The van der Waals surface area contributed by atoms with E-state index in [0.29, 0.717) is 5.82 Å².